The van der Waals surface area contributed by atoms with Crippen molar-refractivity contribution in [3.63, 3.8) is 0 Å². The zero-order valence-corrected chi connectivity index (χ0v) is 13.2. The molecular weight excluding hydrogens is 304 g/mol. The summed E-state index contributed by atoms with van der Waals surface area (Å²) in [6, 6.07) is 3.61. The van der Waals surface area contributed by atoms with Crippen LogP contribution >= 0.6 is 11.6 Å². The van der Waals surface area contributed by atoms with Crippen LogP contribution in [0.5, 0.6) is 5.75 Å². The number of halogens is 1. The SMILES string of the molecule is Cn1ccnc1CN1CCOC(COc2cccnc2Cl)C1. The predicted molar refractivity (Wildman–Crippen MR) is 83.0 cm³/mol. The first-order chi connectivity index (χ1) is 10.7. The fourth-order valence-corrected chi connectivity index (χ4v) is 2.61. The molecule has 2 aromatic rings. The number of aryl methyl sites for hydroxylation is 1. The van der Waals surface area contributed by atoms with Gasteiger partial charge in [-0.05, 0) is 12.1 Å². The van der Waals surface area contributed by atoms with Gasteiger partial charge in [-0.3, -0.25) is 4.90 Å². The Kier molecular flexibility index (Phi) is 4.92. The van der Waals surface area contributed by atoms with Crippen molar-refractivity contribution < 1.29 is 9.47 Å². The van der Waals surface area contributed by atoms with E-state index in [0.717, 1.165) is 25.5 Å². The topological polar surface area (TPSA) is 52.4 Å². The second kappa shape index (κ2) is 7.09. The third-order valence-corrected chi connectivity index (χ3v) is 3.94. The van der Waals surface area contributed by atoms with E-state index in [1.807, 2.05) is 30.1 Å². The lowest BCUT2D eigenvalue weighted by molar-refractivity contribution is -0.0512. The van der Waals surface area contributed by atoms with E-state index in [4.69, 9.17) is 21.1 Å². The molecule has 2 aromatic heterocycles. The molecule has 0 saturated carbocycles. The molecule has 1 saturated heterocycles. The van der Waals surface area contributed by atoms with E-state index in [-0.39, 0.29) is 6.10 Å². The molecule has 0 radical (unpaired) electrons. The Morgan fingerprint density at radius 1 is 1.41 bits per heavy atom. The van der Waals surface area contributed by atoms with Gasteiger partial charge in [-0.1, -0.05) is 11.6 Å². The fraction of sp³-hybridized carbons (Fsp3) is 0.467. The zero-order valence-electron chi connectivity index (χ0n) is 12.5. The van der Waals surface area contributed by atoms with Crippen LogP contribution in [0.1, 0.15) is 5.82 Å². The maximum absolute atomic E-state index is 5.98. The van der Waals surface area contributed by atoms with Gasteiger partial charge in [0.15, 0.2) is 10.9 Å². The third kappa shape index (κ3) is 3.76. The Hall–Kier alpha value is -1.63. The Morgan fingerprint density at radius 2 is 2.32 bits per heavy atom. The second-order valence-corrected chi connectivity index (χ2v) is 5.64. The van der Waals surface area contributed by atoms with Crippen LogP contribution in [0.25, 0.3) is 0 Å². The van der Waals surface area contributed by atoms with Crippen LogP contribution in [0.3, 0.4) is 0 Å². The Labute approximate surface area is 134 Å². The smallest absolute Gasteiger partial charge is 0.171 e. The van der Waals surface area contributed by atoms with Gasteiger partial charge in [0.25, 0.3) is 0 Å². The second-order valence-electron chi connectivity index (χ2n) is 5.29. The first-order valence-electron chi connectivity index (χ1n) is 7.26. The quantitative estimate of drug-likeness (QED) is 0.785. The normalized spacial score (nSPS) is 19.3. The molecule has 3 rings (SSSR count). The summed E-state index contributed by atoms with van der Waals surface area (Å²) in [6.07, 6.45) is 5.44. The van der Waals surface area contributed by atoms with Gasteiger partial charge in [-0.15, -0.1) is 0 Å². The Morgan fingerprint density at radius 3 is 3.09 bits per heavy atom. The molecule has 0 N–H and O–H groups in total. The first kappa shape index (κ1) is 15.3. The standard InChI is InChI=1S/C15H19ClN4O2/c1-19-6-5-17-14(19)10-20-7-8-21-12(9-20)11-22-13-3-2-4-18-15(13)16/h2-6,12H,7-11H2,1H3. The number of imidazole rings is 1. The molecule has 1 aliphatic heterocycles. The van der Waals surface area contributed by atoms with E-state index in [2.05, 4.69) is 14.9 Å². The van der Waals surface area contributed by atoms with Gasteiger partial charge in [0.2, 0.25) is 0 Å². The van der Waals surface area contributed by atoms with Crippen molar-refractivity contribution in [3.8, 4) is 5.75 Å². The molecule has 0 aliphatic carbocycles. The number of pyridine rings is 1. The van der Waals surface area contributed by atoms with E-state index in [1.54, 1.807) is 12.3 Å². The highest BCUT2D eigenvalue weighted by molar-refractivity contribution is 6.30. The maximum Gasteiger partial charge on any atom is 0.171 e. The van der Waals surface area contributed by atoms with Gasteiger partial charge < -0.3 is 14.0 Å². The van der Waals surface area contributed by atoms with E-state index in [0.29, 0.717) is 24.1 Å². The van der Waals surface area contributed by atoms with Crippen LogP contribution in [0.15, 0.2) is 30.7 Å². The lowest BCUT2D eigenvalue weighted by atomic mass is 10.3. The highest BCUT2D eigenvalue weighted by Gasteiger charge is 2.22. The summed E-state index contributed by atoms with van der Waals surface area (Å²) in [5, 5.41) is 0.378. The Bertz CT molecular complexity index is 619. The van der Waals surface area contributed by atoms with Crippen LogP contribution < -0.4 is 4.74 Å². The summed E-state index contributed by atoms with van der Waals surface area (Å²) in [7, 11) is 2.01. The molecule has 1 atom stereocenters. The number of aromatic nitrogens is 3. The molecule has 0 bridgehead atoms. The minimum atomic E-state index is 0.0188. The molecule has 3 heterocycles. The van der Waals surface area contributed by atoms with Crippen LogP contribution in [0.2, 0.25) is 5.15 Å². The van der Waals surface area contributed by atoms with E-state index < -0.39 is 0 Å². The largest absolute Gasteiger partial charge is 0.488 e. The number of morpholine rings is 1. The third-order valence-electron chi connectivity index (χ3n) is 3.66. The minimum Gasteiger partial charge on any atom is -0.488 e. The van der Waals surface area contributed by atoms with Gasteiger partial charge in [0, 0.05) is 38.7 Å². The molecule has 0 spiro atoms. The zero-order chi connectivity index (χ0) is 15.4. The van der Waals surface area contributed by atoms with Crippen molar-refractivity contribution in [2.24, 2.45) is 7.05 Å². The summed E-state index contributed by atoms with van der Waals surface area (Å²) >= 11 is 5.98. The van der Waals surface area contributed by atoms with Gasteiger partial charge >= 0.3 is 0 Å². The van der Waals surface area contributed by atoms with Crippen LogP contribution in [-0.4, -0.2) is 51.8 Å². The van der Waals surface area contributed by atoms with Crippen LogP contribution in [0, 0.1) is 0 Å². The molecule has 1 unspecified atom stereocenters. The maximum atomic E-state index is 5.98. The van der Waals surface area contributed by atoms with Crippen molar-refractivity contribution in [1.82, 2.24) is 19.4 Å². The number of rotatable bonds is 5. The van der Waals surface area contributed by atoms with Crippen molar-refractivity contribution in [1.29, 1.82) is 0 Å². The molecular formula is C15H19ClN4O2. The van der Waals surface area contributed by atoms with Crippen LogP contribution in [0.4, 0.5) is 0 Å². The predicted octanol–water partition coefficient (Wildman–Crippen LogP) is 1.75. The summed E-state index contributed by atoms with van der Waals surface area (Å²) < 4.78 is 13.5. The van der Waals surface area contributed by atoms with Gasteiger partial charge in [0.1, 0.15) is 18.5 Å². The fourth-order valence-electron chi connectivity index (χ4n) is 2.44. The number of ether oxygens (including phenoxy) is 2. The van der Waals surface area contributed by atoms with Crippen LogP contribution in [-0.2, 0) is 18.3 Å². The lowest BCUT2D eigenvalue weighted by Crippen LogP contribution is -2.44. The molecule has 1 aliphatic rings. The van der Waals surface area contributed by atoms with Gasteiger partial charge in [-0.25, -0.2) is 9.97 Å². The van der Waals surface area contributed by atoms with Crippen molar-refractivity contribution in [2.45, 2.75) is 12.6 Å². The summed E-state index contributed by atoms with van der Waals surface area (Å²) in [6.45, 7) is 3.68. The number of nitrogens with zero attached hydrogens (tertiary/aromatic N) is 4. The van der Waals surface area contributed by atoms with Crippen molar-refractivity contribution in [2.75, 3.05) is 26.3 Å². The summed E-state index contributed by atoms with van der Waals surface area (Å²) in [5.41, 5.74) is 0. The molecule has 22 heavy (non-hydrogen) atoms. The molecule has 1 fully saturated rings. The average molecular weight is 323 g/mol. The molecule has 0 aromatic carbocycles. The molecule has 7 heteroatoms. The lowest BCUT2D eigenvalue weighted by Gasteiger charge is -2.32. The van der Waals surface area contributed by atoms with E-state index >= 15 is 0 Å². The Balaban J connectivity index is 1.52. The van der Waals surface area contributed by atoms with E-state index in [9.17, 15) is 0 Å². The molecule has 6 nitrogen and oxygen atoms in total. The highest BCUT2D eigenvalue weighted by Crippen LogP contribution is 2.21. The monoisotopic (exact) mass is 322 g/mol. The number of hydrogen-bond donors (Lipinski definition) is 0. The van der Waals surface area contributed by atoms with Gasteiger partial charge in [-0.2, -0.15) is 0 Å². The highest BCUT2D eigenvalue weighted by atomic mass is 35.5. The van der Waals surface area contributed by atoms with Crippen molar-refractivity contribution in [3.05, 3.63) is 41.7 Å². The molecule has 0 amide bonds. The van der Waals surface area contributed by atoms with E-state index in [1.165, 1.54) is 0 Å². The van der Waals surface area contributed by atoms with Gasteiger partial charge in [0.05, 0.1) is 13.2 Å². The average Bonchev–Trinajstić information content (AvgIpc) is 2.92. The van der Waals surface area contributed by atoms with Crippen molar-refractivity contribution >= 4 is 11.6 Å². The first-order valence-corrected chi connectivity index (χ1v) is 7.63. The number of hydrogen-bond acceptors (Lipinski definition) is 5. The summed E-state index contributed by atoms with van der Waals surface area (Å²) in [5.74, 6) is 1.64. The summed E-state index contributed by atoms with van der Waals surface area (Å²) in [4.78, 5) is 10.7. The molecule has 118 valence electrons. The minimum absolute atomic E-state index is 0.0188.